The normalized spacial score (nSPS) is 14.2. The summed E-state index contributed by atoms with van der Waals surface area (Å²) in [6.45, 7) is 2.50. The van der Waals surface area contributed by atoms with Crippen LogP contribution in [0.15, 0.2) is 42.5 Å². The Kier molecular flexibility index (Phi) is 6.33. The van der Waals surface area contributed by atoms with Gasteiger partial charge in [0.1, 0.15) is 5.75 Å². The second-order valence-electron chi connectivity index (χ2n) is 8.12. The smallest absolute Gasteiger partial charge is 0.262 e. The lowest BCUT2D eigenvalue weighted by molar-refractivity contribution is -0.124. The summed E-state index contributed by atoms with van der Waals surface area (Å²) in [4.78, 5) is 25.7. The van der Waals surface area contributed by atoms with Crippen LogP contribution in [0, 0.1) is 12.8 Å². The van der Waals surface area contributed by atoms with Gasteiger partial charge in [-0.2, -0.15) is 0 Å². The monoisotopic (exact) mass is 438 g/mol. The summed E-state index contributed by atoms with van der Waals surface area (Å²) in [5.41, 5.74) is 3.32. The summed E-state index contributed by atoms with van der Waals surface area (Å²) in [5, 5.41) is 4.65. The van der Waals surface area contributed by atoms with Crippen LogP contribution in [0.4, 0.5) is 0 Å². The molecule has 31 heavy (non-hydrogen) atoms. The number of halogens is 1. The van der Waals surface area contributed by atoms with Crippen molar-refractivity contribution in [2.45, 2.75) is 39.0 Å². The fraction of sp³-hybridized carbons (Fsp3) is 0.360. The number of nitrogens with zero attached hydrogens (tertiary/aromatic N) is 1. The Morgan fingerprint density at radius 2 is 1.84 bits per heavy atom. The first-order valence-corrected chi connectivity index (χ1v) is 11.1. The molecular weight excluding hydrogens is 412 g/mol. The quantitative estimate of drug-likeness (QED) is 0.579. The number of nitrogens with one attached hydrogen (secondary N) is 1. The van der Waals surface area contributed by atoms with Gasteiger partial charge >= 0.3 is 0 Å². The van der Waals surface area contributed by atoms with E-state index in [9.17, 15) is 9.59 Å². The van der Waals surface area contributed by atoms with Crippen molar-refractivity contribution in [1.29, 1.82) is 0 Å². The molecule has 2 aromatic carbocycles. The summed E-state index contributed by atoms with van der Waals surface area (Å²) in [5.74, 6) is 0.924. The minimum Gasteiger partial charge on any atom is -0.497 e. The molecule has 6 heteroatoms. The maximum atomic E-state index is 13.3. The third kappa shape index (κ3) is 4.33. The Hall–Kier alpha value is -2.79. The van der Waals surface area contributed by atoms with E-state index in [1.54, 1.807) is 35.9 Å². The van der Waals surface area contributed by atoms with Crippen molar-refractivity contribution >= 4 is 34.3 Å². The largest absolute Gasteiger partial charge is 0.497 e. The highest BCUT2D eigenvalue weighted by atomic mass is 35.5. The molecule has 1 aliphatic carbocycles. The van der Waals surface area contributed by atoms with Crippen LogP contribution in [-0.2, 0) is 11.2 Å². The number of hydrogen-bond donors (Lipinski definition) is 1. The Bertz CT molecular complexity index is 1110. The van der Waals surface area contributed by atoms with Crippen molar-refractivity contribution in [3.63, 3.8) is 0 Å². The molecule has 0 aliphatic heterocycles. The van der Waals surface area contributed by atoms with E-state index in [1.807, 2.05) is 25.1 Å². The summed E-state index contributed by atoms with van der Waals surface area (Å²) >= 11 is 5.99. The minimum atomic E-state index is -0.106. The standard InChI is InChI=1S/C25H27ClN2O3/c1-16-21(13-14-27-24(29)17-5-3-4-6-17)22-15-20(31-2)11-12-23(22)28(16)25(30)18-7-9-19(26)10-8-18/h7-12,15,17H,3-6,13-14H2,1-2H3,(H,27,29). The number of carbonyl (C=O) groups is 2. The number of carbonyl (C=O) groups excluding carboxylic acids is 2. The number of hydrogen-bond acceptors (Lipinski definition) is 3. The SMILES string of the molecule is COc1ccc2c(c1)c(CCNC(=O)C1CCCC1)c(C)n2C(=O)c1ccc(Cl)cc1. The first kappa shape index (κ1) is 21.4. The van der Waals surface area contributed by atoms with Gasteiger partial charge in [0.2, 0.25) is 5.91 Å². The van der Waals surface area contributed by atoms with Crippen LogP contribution >= 0.6 is 11.6 Å². The summed E-state index contributed by atoms with van der Waals surface area (Å²) in [6, 6.07) is 12.6. The number of aromatic nitrogens is 1. The number of ether oxygens (including phenoxy) is 1. The molecule has 1 heterocycles. The number of methoxy groups -OCH3 is 1. The third-order valence-corrected chi connectivity index (χ3v) is 6.49. The van der Waals surface area contributed by atoms with Crippen LogP contribution < -0.4 is 10.1 Å². The molecule has 1 aromatic heterocycles. The molecule has 1 amide bonds. The lowest BCUT2D eigenvalue weighted by atomic mass is 10.1. The van der Waals surface area contributed by atoms with E-state index < -0.39 is 0 Å². The van der Waals surface area contributed by atoms with Gasteiger partial charge in [0, 0.05) is 34.1 Å². The number of rotatable bonds is 6. The van der Waals surface area contributed by atoms with Crippen LogP contribution in [0.25, 0.3) is 10.9 Å². The molecule has 0 atom stereocenters. The molecule has 1 saturated carbocycles. The molecular formula is C25H27ClN2O3. The summed E-state index contributed by atoms with van der Waals surface area (Å²) < 4.78 is 7.16. The van der Waals surface area contributed by atoms with Crippen molar-refractivity contribution in [2.24, 2.45) is 5.92 Å². The fourth-order valence-corrected chi connectivity index (χ4v) is 4.66. The molecule has 0 bridgehead atoms. The van der Waals surface area contributed by atoms with Gasteiger partial charge in [0.05, 0.1) is 12.6 Å². The zero-order chi connectivity index (χ0) is 22.0. The topological polar surface area (TPSA) is 60.3 Å². The van der Waals surface area contributed by atoms with Crippen molar-refractivity contribution in [2.75, 3.05) is 13.7 Å². The molecule has 1 N–H and O–H groups in total. The van der Waals surface area contributed by atoms with Crippen molar-refractivity contribution < 1.29 is 14.3 Å². The Balaban J connectivity index is 1.65. The van der Waals surface area contributed by atoms with Crippen LogP contribution in [-0.4, -0.2) is 30.0 Å². The first-order valence-electron chi connectivity index (χ1n) is 10.8. The predicted molar refractivity (Wildman–Crippen MR) is 123 cm³/mol. The molecule has 162 valence electrons. The maximum absolute atomic E-state index is 13.3. The molecule has 1 aliphatic rings. The highest BCUT2D eigenvalue weighted by molar-refractivity contribution is 6.30. The molecule has 0 spiro atoms. The lowest BCUT2D eigenvalue weighted by Crippen LogP contribution is -2.31. The van der Waals surface area contributed by atoms with E-state index >= 15 is 0 Å². The van der Waals surface area contributed by atoms with Crippen LogP contribution in [0.1, 0.15) is 47.3 Å². The second-order valence-corrected chi connectivity index (χ2v) is 8.55. The van der Waals surface area contributed by atoms with Gasteiger partial charge in [-0.15, -0.1) is 0 Å². The molecule has 1 fully saturated rings. The predicted octanol–water partition coefficient (Wildman–Crippen LogP) is 5.15. The molecule has 0 unspecified atom stereocenters. The van der Waals surface area contributed by atoms with Gasteiger partial charge < -0.3 is 10.1 Å². The van der Waals surface area contributed by atoms with Gasteiger partial charge in [0.25, 0.3) is 5.91 Å². The Labute approximate surface area is 187 Å². The van der Waals surface area contributed by atoms with Crippen molar-refractivity contribution in [3.05, 3.63) is 64.3 Å². The van der Waals surface area contributed by atoms with Crippen molar-refractivity contribution in [3.8, 4) is 5.75 Å². The average molecular weight is 439 g/mol. The van der Waals surface area contributed by atoms with E-state index in [2.05, 4.69) is 5.32 Å². The third-order valence-electron chi connectivity index (χ3n) is 6.24. The van der Waals surface area contributed by atoms with E-state index in [0.717, 1.165) is 53.6 Å². The van der Waals surface area contributed by atoms with Gasteiger partial charge in [-0.25, -0.2) is 0 Å². The second kappa shape index (κ2) is 9.15. The molecule has 4 rings (SSSR count). The maximum Gasteiger partial charge on any atom is 0.262 e. The van der Waals surface area contributed by atoms with Crippen LogP contribution in [0.3, 0.4) is 0 Å². The lowest BCUT2D eigenvalue weighted by Gasteiger charge is -2.11. The molecule has 3 aromatic rings. The Morgan fingerprint density at radius 3 is 2.52 bits per heavy atom. The highest BCUT2D eigenvalue weighted by Crippen LogP contribution is 2.31. The molecule has 5 nitrogen and oxygen atoms in total. The highest BCUT2D eigenvalue weighted by Gasteiger charge is 2.23. The molecule has 0 saturated heterocycles. The minimum absolute atomic E-state index is 0.106. The molecule has 0 radical (unpaired) electrons. The van der Waals surface area contributed by atoms with E-state index in [-0.39, 0.29) is 17.7 Å². The van der Waals surface area contributed by atoms with E-state index in [1.165, 1.54) is 0 Å². The number of benzene rings is 2. The first-order chi connectivity index (χ1) is 15.0. The van der Waals surface area contributed by atoms with Gasteiger partial charge in [0.15, 0.2) is 0 Å². The van der Waals surface area contributed by atoms with Crippen molar-refractivity contribution in [1.82, 2.24) is 9.88 Å². The van der Waals surface area contributed by atoms with Gasteiger partial charge in [-0.3, -0.25) is 14.2 Å². The van der Waals surface area contributed by atoms with Crippen LogP contribution in [0.2, 0.25) is 5.02 Å². The van der Waals surface area contributed by atoms with E-state index in [0.29, 0.717) is 23.6 Å². The van der Waals surface area contributed by atoms with Crippen LogP contribution in [0.5, 0.6) is 5.75 Å². The fourth-order valence-electron chi connectivity index (χ4n) is 4.53. The van der Waals surface area contributed by atoms with E-state index in [4.69, 9.17) is 16.3 Å². The van der Waals surface area contributed by atoms with Gasteiger partial charge in [-0.05, 0) is 74.2 Å². The summed E-state index contributed by atoms with van der Waals surface area (Å²) in [6.07, 6.45) is 4.89. The zero-order valence-electron chi connectivity index (χ0n) is 17.9. The average Bonchev–Trinajstić information content (AvgIpc) is 3.40. The zero-order valence-corrected chi connectivity index (χ0v) is 18.7. The Morgan fingerprint density at radius 1 is 1.13 bits per heavy atom. The summed E-state index contributed by atoms with van der Waals surface area (Å²) in [7, 11) is 1.63. The number of fused-ring (bicyclic) bond motifs is 1. The number of amides is 1. The van der Waals surface area contributed by atoms with Gasteiger partial charge in [-0.1, -0.05) is 24.4 Å².